The number of hydrogen-bond acceptors (Lipinski definition) is 4. The number of halogens is 1. The normalized spacial score (nSPS) is 11.5. The molecule has 3 aromatic rings. The number of carbonyl (C=O) groups is 1. The summed E-state index contributed by atoms with van der Waals surface area (Å²) >= 11 is 0. The molecule has 124 valence electrons. The first-order valence-electron chi connectivity index (χ1n) is 7.24. The molecule has 0 aliphatic heterocycles. The number of para-hydroxylation sites is 1. The first-order valence-corrected chi connectivity index (χ1v) is 9.55. The van der Waals surface area contributed by atoms with Gasteiger partial charge in [0, 0.05) is 22.6 Å². The van der Waals surface area contributed by atoms with Gasteiger partial charge in [0.15, 0.2) is 5.76 Å². The lowest BCUT2D eigenvalue weighted by molar-refractivity contribution is 0.0928. The van der Waals surface area contributed by atoms with Crippen molar-refractivity contribution in [3.8, 4) is 0 Å². The van der Waals surface area contributed by atoms with Crippen molar-refractivity contribution in [3.05, 3.63) is 65.9 Å². The molecule has 0 fully saturated rings. The van der Waals surface area contributed by atoms with Crippen molar-refractivity contribution in [2.75, 3.05) is 6.54 Å². The molecule has 1 aromatic heterocycles. The molecule has 3 rings (SSSR count). The maximum absolute atomic E-state index is 12.1. The summed E-state index contributed by atoms with van der Waals surface area (Å²) in [5.41, 5.74) is 1.56. The molecule has 0 saturated heterocycles. The summed E-state index contributed by atoms with van der Waals surface area (Å²) in [5.74, 6) is -0.0223. The van der Waals surface area contributed by atoms with Crippen LogP contribution in [0.2, 0.25) is 0 Å². The Balaban J connectivity index is 1.58. The summed E-state index contributed by atoms with van der Waals surface area (Å²) in [6, 6.07) is 15.3. The highest BCUT2D eigenvalue weighted by atomic mass is 35.7. The molecule has 24 heavy (non-hydrogen) atoms. The van der Waals surface area contributed by atoms with Crippen LogP contribution >= 0.6 is 10.7 Å². The lowest BCUT2D eigenvalue weighted by atomic mass is 10.1. The third-order valence-corrected chi connectivity index (χ3v) is 4.92. The van der Waals surface area contributed by atoms with E-state index in [0.29, 0.717) is 18.5 Å². The quantitative estimate of drug-likeness (QED) is 0.705. The molecule has 0 bridgehead atoms. The lowest BCUT2D eigenvalue weighted by Crippen LogP contribution is -2.25. The van der Waals surface area contributed by atoms with Crippen LogP contribution in [-0.2, 0) is 15.5 Å². The number of carbonyl (C=O) groups excluding carboxylic acids is 1. The molecule has 0 radical (unpaired) electrons. The highest BCUT2D eigenvalue weighted by Crippen LogP contribution is 2.18. The highest BCUT2D eigenvalue weighted by molar-refractivity contribution is 8.13. The van der Waals surface area contributed by atoms with Gasteiger partial charge >= 0.3 is 0 Å². The van der Waals surface area contributed by atoms with Crippen LogP contribution < -0.4 is 5.32 Å². The molecule has 1 amide bonds. The number of rotatable bonds is 5. The smallest absolute Gasteiger partial charge is 0.287 e. The van der Waals surface area contributed by atoms with Crippen LogP contribution in [0.3, 0.4) is 0 Å². The van der Waals surface area contributed by atoms with Crippen molar-refractivity contribution in [3.63, 3.8) is 0 Å². The Morgan fingerprint density at radius 1 is 1.08 bits per heavy atom. The van der Waals surface area contributed by atoms with E-state index >= 15 is 0 Å². The molecule has 2 aromatic carbocycles. The van der Waals surface area contributed by atoms with Gasteiger partial charge < -0.3 is 9.73 Å². The molecule has 0 unspecified atom stereocenters. The van der Waals surface area contributed by atoms with Crippen LogP contribution in [0.4, 0.5) is 0 Å². The third kappa shape index (κ3) is 3.77. The van der Waals surface area contributed by atoms with Gasteiger partial charge in [-0.15, -0.1) is 0 Å². The van der Waals surface area contributed by atoms with Gasteiger partial charge in [-0.25, -0.2) is 8.42 Å². The number of amides is 1. The Hall–Kier alpha value is -2.31. The minimum absolute atomic E-state index is 0.0548. The Bertz CT molecular complexity index is 944. The van der Waals surface area contributed by atoms with E-state index in [9.17, 15) is 13.2 Å². The van der Waals surface area contributed by atoms with E-state index in [2.05, 4.69) is 5.32 Å². The third-order valence-electron chi connectivity index (χ3n) is 3.55. The number of hydrogen-bond donors (Lipinski definition) is 1. The first kappa shape index (κ1) is 16.5. The second-order valence-electron chi connectivity index (χ2n) is 5.24. The molecule has 7 heteroatoms. The Morgan fingerprint density at radius 2 is 1.79 bits per heavy atom. The predicted molar refractivity (Wildman–Crippen MR) is 91.7 cm³/mol. The van der Waals surface area contributed by atoms with E-state index in [4.69, 9.17) is 15.1 Å². The van der Waals surface area contributed by atoms with Crippen molar-refractivity contribution in [1.82, 2.24) is 5.32 Å². The number of fused-ring (bicyclic) bond motifs is 1. The number of furan rings is 1. The maximum Gasteiger partial charge on any atom is 0.287 e. The fraction of sp³-hybridized carbons (Fsp3) is 0.118. The molecule has 0 aliphatic carbocycles. The van der Waals surface area contributed by atoms with Crippen molar-refractivity contribution in [2.24, 2.45) is 0 Å². The van der Waals surface area contributed by atoms with Gasteiger partial charge in [-0.1, -0.05) is 30.3 Å². The van der Waals surface area contributed by atoms with Gasteiger partial charge in [0.1, 0.15) is 5.58 Å². The van der Waals surface area contributed by atoms with Crippen molar-refractivity contribution < 1.29 is 17.6 Å². The van der Waals surface area contributed by atoms with E-state index in [1.165, 1.54) is 12.1 Å². The van der Waals surface area contributed by atoms with Crippen LogP contribution in [0.25, 0.3) is 11.0 Å². The summed E-state index contributed by atoms with van der Waals surface area (Å²) < 4.78 is 27.8. The molecule has 0 spiro atoms. The standard InChI is InChI=1S/C17H14ClNO4S/c18-24(21,22)14-7-5-12(6-8-14)9-10-19-17(20)16-11-13-3-1-2-4-15(13)23-16/h1-8,11H,9-10H2,(H,19,20). The molecule has 1 N–H and O–H groups in total. The second kappa shape index (κ2) is 6.67. The van der Waals surface area contributed by atoms with E-state index in [0.717, 1.165) is 10.9 Å². The topological polar surface area (TPSA) is 76.4 Å². The minimum Gasteiger partial charge on any atom is -0.451 e. The van der Waals surface area contributed by atoms with Gasteiger partial charge in [0.25, 0.3) is 15.0 Å². The molecule has 5 nitrogen and oxygen atoms in total. The van der Waals surface area contributed by atoms with Crippen LogP contribution in [0.1, 0.15) is 16.1 Å². The Morgan fingerprint density at radius 3 is 2.46 bits per heavy atom. The summed E-state index contributed by atoms with van der Waals surface area (Å²) in [7, 11) is 1.55. The first-order chi connectivity index (χ1) is 11.4. The van der Waals surface area contributed by atoms with Crippen molar-refractivity contribution in [2.45, 2.75) is 11.3 Å². The molecular formula is C17H14ClNO4S. The van der Waals surface area contributed by atoms with Gasteiger partial charge in [0.05, 0.1) is 4.90 Å². The van der Waals surface area contributed by atoms with Crippen LogP contribution in [-0.4, -0.2) is 20.9 Å². The zero-order valence-electron chi connectivity index (χ0n) is 12.5. The van der Waals surface area contributed by atoms with Gasteiger partial charge in [0.2, 0.25) is 0 Å². The number of nitrogens with one attached hydrogen (secondary N) is 1. The summed E-state index contributed by atoms with van der Waals surface area (Å²) in [6.07, 6.45) is 0.564. The zero-order valence-corrected chi connectivity index (χ0v) is 14.1. The lowest BCUT2D eigenvalue weighted by Gasteiger charge is -2.04. The minimum atomic E-state index is -3.71. The summed E-state index contributed by atoms with van der Waals surface area (Å²) in [4.78, 5) is 12.1. The summed E-state index contributed by atoms with van der Waals surface area (Å²) in [6.45, 7) is 0.406. The average molecular weight is 364 g/mol. The van der Waals surface area contributed by atoms with Crippen LogP contribution in [0, 0.1) is 0 Å². The Kier molecular flexibility index (Phi) is 4.59. The van der Waals surface area contributed by atoms with E-state index in [1.807, 2.05) is 18.2 Å². The number of benzene rings is 2. The molecular weight excluding hydrogens is 350 g/mol. The molecule has 1 heterocycles. The van der Waals surface area contributed by atoms with Gasteiger partial charge in [-0.2, -0.15) is 0 Å². The molecule has 0 aliphatic rings. The summed E-state index contributed by atoms with van der Waals surface area (Å²) in [5, 5.41) is 3.65. The SMILES string of the molecule is O=C(NCCc1ccc(S(=O)(=O)Cl)cc1)c1cc2ccccc2o1. The maximum atomic E-state index is 12.1. The fourth-order valence-electron chi connectivity index (χ4n) is 2.32. The molecule has 0 atom stereocenters. The fourth-order valence-corrected chi connectivity index (χ4v) is 3.09. The van der Waals surface area contributed by atoms with E-state index in [-0.39, 0.29) is 16.6 Å². The van der Waals surface area contributed by atoms with E-state index in [1.54, 1.807) is 24.3 Å². The van der Waals surface area contributed by atoms with E-state index < -0.39 is 9.05 Å². The highest BCUT2D eigenvalue weighted by Gasteiger charge is 2.12. The van der Waals surface area contributed by atoms with Crippen molar-refractivity contribution in [1.29, 1.82) is 0 Å². The molecule has 0 saturated carbocycles. The Labute approximate surface area is 143 Å². The average Bonchev–Trinajstić information content (AvgIpc) is 2.98. The van der Waals surface area contributed by atoms with Crippen molar-refractivity contribution >= 4 is 36.6 Å². The zero-order chi connectivity index (χ0) is 17.2. The largest absolute Gasteiger partial charge is 0.451 e. The monoisotopic (exact) mass is 363 g/mol. The van der Waals surface area contributed by atoms with Crippen LogP contribution in [0.5, 0.6) is 0 Å². The second-order valence-corrected chi connectivity index (χ2v) is 7.80. The van der Waals surface area contributed by atoms with Gasteiger partial charge in [-0.05, 0) is 36.2 Å². The van der Waals surface area contributed by atoms with Gasteiger partial charge in [-0.3, -0.25) is 4.79 Å². The van der Waals surface area contributed by atoms with Crippen LogP contribution in [0.15, 0.2) is 63.9 Å². The predicted octanol–water partition coefficient (Wildman–Crippen LogP) is 3.33.